The molecule has 0 heterocycles. The van der Waals surface area contributed by atoms with Gasteiger partial charge in [-0.05, 0) is 68.1 Å². The Morgan fingerprint density at radius 3 is 2.91 bits per heavy atom. The molecule has 2 aliphatic rings. The lowest BCUT2D eigenvalue weighted by Crippen LogP contribution is -2.24. The molecule has 4 nitrogen and oxygen atoms in total. The number of hydrogen-bond acceptors (Lipinski definition) is 2. The van der Waals surface area contributed by atoms with Crippen molar-refractivity contribution < 1.29 is 4.74 Å². The molecule has 3 N–H and O–H groups in total. The topological polar surface area (TPSA) is 59.6 Å². The van der Waals surface area contributed by atoms with E-state index < -0.39 is 0 Å². The van der Waals surface area contributed by atoms with Gasteiger partial charge in [0.15, 0.2) is 5.96 Å². The van der Waals surface area contributed by atoms with Gasteiger partial charge in [0, 0.05) is 25.4 Å². The highest BCUT2D eigenvalue weighted by Gasteiger charge is 2.20. The molecule has 1 saturated carbocycles. The molecule has 2 aliphatic carbocycles. The zero-order chi connectivity index (χ0) is 15.2. The number of benzene rings is 1. The van der Waals surface area contributed by atoms with Gasteiger partial charge in [-0.2, -0.15) is 0 Å². The van der Waals surface area contributed by atoms with Crippen molar-refractivity contribution in [2.45, 2.75) is 44.9 Å². The van der Waals surface area contributed by atoms with Crippen LogP contribution in [0.15, 0.2) is 23.2 Å². The summed E-state index contributed by atoms with van der Waals surface area (Å²) in [6.07, 6.45) is 8.50. The zero-order valence-corrected chi connectivity index (χ0v) is 16.1. The second-order valence-electron chi connectivity index (χ2n) is 6.41. The Hall–Kier alpha value is -0.820. The zero-order valence-electron chi connectivity index (χ0n) is 13.7. The van der Waals surface area contributed by atoms with E-state index in [1.165, 1.54) is 43.2 Å². The summed E-state index contributed by atoms with van der Waals surface area (Å²) in [5.74, 6) is 1.35. The minimum absolute atomic E-state index is 0. The van der Waals surface area contributed by atoms with Crippen molar-refractivity contribution in [3.05, 3.63) is 29.3 Å². The Balaban J connectivity index is 0.00000192. The SMILES string of the molecule is I.NC(=NCCCOCC1CC1)Nc1cccc2c1CCCC2. The smallest absolute Gasteiger partial charge is 0.193 e. The van der Waals surface area contributed by atoms with Gasteiger partial charge in [-0.1, -0.05) is 12.1 Å². The fraction of sp³-hybridized carbons (Fsp3) is 0.611. The molecule has 0 aromatic heterocycles. The number of nitrogens with two attached hydrogens (primary N) is 1. The number of ether oxygens (including phenoxy) is 1. The van der Waals surface area contributed by atoms with Crippen LogP contribution in [0, 0.1) is 5.92 Å². The number of halogens is 1. The highest BCUT2D eigenvalue weighted by atomic mass is 127. The summed E-state index contributed by atoms with van der Waals surface area (Å²) in [4.78, 5) is 4.40. The van der Waals surface area contributed by atoms with Gasteiger partial charge >= 0.3 is 0 Å². The Kier molecular flexibility index (Phi) is 7.62. The maximum Gasteiger partial charge on any atom is 0.193 e. The van der Waals surface area contributed by atoms with E-state index >= 15 is 0 Å². The van der Waals surface area contributed by atoms with Crippen molar-refractivity contribution in [3.63, 3.8) is 0 Å². The molecule has 1 fully saturated rings. The number of rotatable bonds is 7. The third kappa shape index (κ3) is 5.95. The molecule has 5 heteroatoms. The highest BCUT2D eigenvalue weighted by Crippen LogP contribution is 2.29. The predicted molar refractivity (Wildman–Crippen MR) is 107 cm³/mol. The maximum atomic E-state index is 6.01. The molecule has 0 atom stereocenters. The first-order valence-corrected chi connectivity index (χ1v) is 8.58. The fourth-order valence-electron chi connectivity index (χ4n) is 2.98. The van der Waals surface area contributed by atoms with Crippen molar-refractivity contribution >= 4 is 35.6 Å². The van der Waals surface area contributed by atoms with Crippen LogP contribution in [0.4, 0.5) is 5.69 Å². The van der Waals surface area contributed by atoms with Gasteiger partial charge in [0.2, 0.25) is 0 Å². The predicted octanol–water partition coefficient (Wildman–Crippen LogP) is 3.73. The van der Waals surface area contributed by atoms with Crippen molar-refractivity contribution in [2.24, 2.45) is 16.6 Å². The fourth-order valence-corrected chi connectivity index (χ4v) is 2.98. The Morgan fingerprint density at radius 2 is 2.09 bits per heavy atom. The summed E-state index contributed by atoms with van der Waals surface area (Å²) >= 11 is 0. The van der Waals surface area contributed by atoms with Gasteiger partial charge in [-0.3, -0.25) is 4.99 Å². The van der Waals surface area contributed by atoms with Crippen molar-refractivity contribution in [1.82, 2.24) is 0 Å². The van der Waals surface area contributed by atoms with Crippen LogP contribution in [0.25, 0.3) is 0 Å². The molecular weight excluding hydrogens is 401 g/mol. The van der Waals surface area contributed by atoms with Gasteiger partial charge in [0.05, 0.1) is 0 Å². The highest BCUT2D eigenvalue weighted by molar-refractivity contribution is 14.0. The van der Waals surface area contributed by atoms with Crippen molar-refractivity contribution in [3.8, 4) is 0 Å². The van der Waals surface area contributed by atoms with Gasteiger partial charge < -0.3 is 15.8 Å². The van der Waals surface area contributed by atoms with E-state index in [1.807, 2.05) is 0 Å². The molecule has 0 radical (unpaired) electrons. The van der Waals surface area contributed by atoms with E-state index in [4.69, 9.17) is 10.5 Å². The molecular formula is C18H28IN3O. The number of hydrogen-bond donors (Lipinski definition) is 2. The summed E-state index contributed by atoms with van der Waals surface area (Å²) in [5, 5.41) is 3.28. The molecule has 0 aliphatic heterocycles. The van der Waals surface area contributed by atoms with E-state index in [1.54, 1.807) is 0 Å². The molecule has 0 saturated heterocycles. The Labute approximate surface area is 156 Å². The summed E-state index contributed by atoms with van der Waals surface area (Å²) in [6.45, 7) is 2.43. The standard InChI is InChI=1S/C18H27N3O.HI/c19-18(20-11-4-12-22-13-14-9-10-14)21-17-8-3-6-15-5-1-2-7-16(15)17;/h3,6,8,14H,1-2,4-5,7,9-13H2,(H3,19,20,21);1H. The van der Waals surface area contributed by atoms with E-state index in [9.17, 15) is 0 Å². The van der Waals surface area contributed by atoms with E-state index in [-0.39, 0.29) is 24.0 Å². The van der Waals surface area contributed by atoms with E-state index in [2.05, 4.69) is 28.5 Å². The normalized spacial score (nSPS) is 17.3. The lowest BCUT2D eigenvalue weighted by Gasteiger charge is -2.19. The minimum Gasteiger partial charge on any atom is -0.381 e. The van der Waals surface area contributed by atoms with Crippen LogP contribution in [0.2, 0.25) is 0 Å². The number of nitrogens with zero attached hydrogens (tertiary/aromatic N) is 1. The summed E-state index contributed by atoms with van der Waals surface area (Å²) < 4.78 is 5.60. The van der Waals surface area contributed by atoms with E-state index in [0.717, 1.165) is 44.2 Å². The summed E-state index contributed by atoms with van der Waals surface area (Å²) in [5.41, 5.74) is 10.0. The van der Waals surface area contributed by atoms with Crippen molar-refractivity contribution in [1.29, 1.82) is 0 Å². The van der Waals surface area contributed by atoms with Gasteiger partial charge in [-0.15, -0.1) is 24.0 Å². The van der Waals surface area contributed by atoms with Crippen LogP contribution in [-0.2, 0) is 17.6 Å². The van der Waals surface area contributed by atoms with Gasteiger partial charge in [0.25, 0.3) is 0 Å². The molecule has 1 aromatic carbocycles. The first-order valence-electron chi connectivity index (χ1n) is 8.58. The summed E-state index contributed by atoms with van der Waals surface area (Å²) in [6, 6.07) is 6.43. The molecule has 0 spiro atoms. The molecule has 0 unspecified atom stereocenters. The lowest BCUT2D eigenvalue weighted by atomic mass is 9.90. The summed E-state index contributed by atoms with van der Waals surface area (Å²) in [7, 11) is 0. The van der Waals surface area contributed by atoms with Crippen molar-refractivity contribution in [2.75, 3.05) is 25.1 Å². The average molecular weight is 429 g/mol. The molecule has 23 heavy (non-hydrogen) atoms. The maximum absolute atomic E-state index is 6.01. The molecule has 0 amide bonds. The van der Waals surface area contributed by atoms with Crippen LogP contribution in [-0.4, -0.2) is 25.7 Å². The lowest BCUT2D eigenvalue weighted by molar-refractivity contribution is 0.123. The number of anilines is 1. The second kappa shape index (κ2) is 9.47. The third-order valence-electron chi connectivity index (χ3n) is 4.44. The quantitative estimate of drug-likeness (QED) is 0.301. The minimum atomic E-state index is 0. The van der Waals surface area contributed by atoms with Crippen LogP contribution in [0.1, 0.15) is 43.2 Å². The molecule has 3 rings (SSSR count). The van der Waals surface area contributed by atoms with Crippen LogP contribution in [0.3, 0.4) is 0 Å². The molecule has 1 aromatic rings. The van der Waals surface area contributed by atoms with Gasteiger partial charge in [-0.25, -0.2) is 0 Å². The largest absolute Gasteiger partial charge is 0.381 e. The third-order valence-corrected chi connectivity index (χ3v) is 4.44. The number of guanidine groups is 1. The van der Waals surface area contributed by atoms with E-state index in [0.29, 0.717) is 5.96 Å². The molecule has 0 bridgehead atoms. The monoisotopic (exact) mass is 429 g/mol. The first-order chi connectivity index (χ1) is 10.8. The Bertz CT molecular complexity index is 529. The average Bonchev–Trinajstić information content (AvgIpc) is 3.35. The molecule has 128 valence electrons. The van der Waals surface area contributed by atoms with Crippen LogP contribution in [0.5, 0.6) is 0 Å². The number of nitrogens with one attached hydrogen (secondary N) is 1. The number of aliphatic imine (C=N–C) groups is 1. The van der Waals surface area contributed by atoms with Crippen LogP contribution < -0.4 is 11.1 Å². The number of fused-ring (bicyclic) bond motifs is 1. The number of aryl methyl sites for hydroxylation is 1. The first kappa shape index (κ1) is 18.5. The second-order valence-corrected chi connectivity index (χ2v) is 6.41. The van der Waals surface area contributed by atoms with Crippen LogP contribution >= 0.6 is 24.0 Å². The van der Waals surface area contributed by atoms with Gasteiger partial charge in [0.1, 0.15) is 0 Å². The Morgan fingerprint density at radius 1 is 1.26 bits per heavy atom.